The number of hydrogen-bond donors (Lipinski definition) is 3. The summed E-state index contributed by atoms with van der Waals surface area (Å²) in [7, 11) is 0. The van der Waals surface area contributed by atoms with Gasteiger partial charge in [-0.05, 0) is 20.3 Å². The van der Waals surface area contributed by atoms with Gasteiger partial charge in [-0.1, -0.05) is 13.8 Å². The summed E-state index contributed by atoms with van der Waals surface area (Å²) in [5.74, 6) is -0.0146. The van der Waals surface area contributed by atoms with Gasteiger partial charge in [0.05, 0.1) is 6.10 Å². The van der Waals surface area contributed by atoms with Crippen LogP contribution in [0.4, 0.5) is 0 Å². The lowest BCUT2D eigenvalue weighted by Gasteiger charge is -2.21. The van der Waals surface area contributed by atoms with Gasteiger partial charge in [0, 0.05) is 18.0 Å². The van der Waals surface area contributed by atoms with Crippen LogP contribution in [0.25, 0.3) is 0 Å². The molecule has 0 saturated heterocycles. The molecule has 4 heteroatoms. The molecule has 0 aliphatic rings. The lowest BCUT2D eigenvalue weighted by Crippen LogP contribution is -2.41. The van der Waals surface area contributed by atoms with Gasteiger partial charge in [0.1, 0.15) is 0 Å². The lowest BCUT2D eigenvalue weighted by molar-refractivity contribution is -0.124. The minimum Gasteiger partial charge on any atom is -0.391 e. The predicted molar refractivity (Wildman–Crippen MR) is 56.7 cm³/mol. The third-order valence-corrected chi connectivity index (χ3v) is 2.12. The smallest absolute Gasteiger partial charge is 0.222 e. The zero-order valence-electron chi connectivity index (χ0n) is 9.45. The summed E-state index contributed by atoms with van der Waals surface area (Å²) in [6, 6.07) is -0.292. The zero-order valence-corrected chi connectivity index (χ0v) is 9.45. The molecule has 0 bridgehead atoms. The monoisotopic (exact) mass is 202 g/mol. The topological polar surface area (TPSA) is 75.3 Å². The van der Waals surface area contributed by atoms with Crippen molar-refractivity contribution in [3.63, 3.8) is 0 Å². The van der Waals surface area contributed by atoms with Crippen LogP contribution in [0.2, 0.25) is 0 Å². The summed E-state index contributed by atoms with van der Waals surface area (Å²) in [5, 5.41) is 12.3. The van der Waals surface area contributed by atoms with E-state index >= 15 is 0 Å². The highest BCUT2D eigenvalue weighted by Gasteiger charge is 2.16. The van der Waals surface area contributed by atoms with Crippen LogP contribution >= 0.6 is 0 Å². The number of carbonyl (C=O) groups excluding carboxylic acids is 1. The predicted octanol–water partition coefficient (Wildman–Crippen LogP) is 0.245. The van der Waals surface area contributed by atoms with E-state index in [2.05, 4.69) is 5.32 Å². The molecule has 0 rings (SSSR count). The molecule has 0 aliphatic heterocycles. The number of nitrogens with one attached hydrogen (secondary N) is 1. The summed E-state index contributed by atoms with van der Waals surface area (Å²) < 4.78 is 0. The normalized spacial score (nSPS) is 17.6. The highest BCUT2D eigenvalue weighted by Crippen LogP contribution is 2.02. The molecule has 0 heterocycles. The van der Waals surface area contributed by atoms with Crippen molar-refractivity contribution in [1.29, 1.82) is 0 Å². The van der Waals surface area contributed by atoms with E-state index in [1.54, 1.807) is 6.92 Å². The Morgan fingerprint density at radius 3 is 2.21 bits per heavy atom. The van der Waals surface area contributed by atoms with Gasteiger partial charge in [-0.15, -0.1) is 0 Å². The number of hydrogen-bond acceptors (Lipinski definition) is 3. The van der Waals surface area contributed by atoms with E-state index in [9.17, 15) is 9.90 Å². The maximum Gasteiger partial charge on any atom is 0.222 e. The fraction of sp³-hybridized carbons (Fsp3) is 0.900. The molecule has 0 saturated carbocycles. The van der Waals surface area contributed by atoms with Crippen LogP contribution in [-0.4, -0.2) is 29.2 Å². The van der Waals surface area contributed by atoms with E-state index in [1.165, 1.54) is 0 Å². The molecule has 0 aromatic heterocycles. The molecular formula is C10H22N2O2. The minimum absolute atomic E-state index is 0.00868. The van der Waals surface area contributed by atoms with E-state index in [0.717, 1.165) is 0 Å². The molecule has 4 nitrogen and oxygen atoms in total. The van der Waals surface area contributed by atoms with E-state index in [0.29, 0.717) is 6.42 Å². The van der Waals surface area contributed by atoms with Gasteiger partial charge in [0.2, 0.25) is 5.91 Å². The molecule has 14 heavy (non-hydrogen) atoms. The number of rotatable bonds is 5. The SMILES string of the molecule is CC(CC(O)C(C)N)NC(=O)C(C)C. The summed E-state index contributed by atoms with van der Waals surface area (Å²) >= 11 is 0. The van der Waals surface area contributed by atoms with Gasteiger partial charge in [0.25, 0.3) is 0 Å². The molecule has 1 amide bonds. The van der Waals surface area contributed by atoms with Crippen molar-refractivity contribution in [2.24, 2.45) is 11.7 Å². The van der Waals surface area contributed by atoms with Crippen molar-refractivity contribution in [2.75, 3.05) is 0 Å². The second-order valence-corrected chi connectivity index (χ2v) is 4.23. The zero-order chi connectivity index (χ0) is 11.3. The molecule has 0 aromatic rings. The molecule has 0 fully saturated rings. The van der Waals surface area contributed by atoms with Crippen molar-refractivity contribution in [2.45, 2.75) is 52.3 Å². The summed E-state index contributed by atoms with van der Waals surface area (Å²) in [5.41, 5.74) is 5.51. The first-order valence-electron chi connectivity index (χ1n) is 5.08. The standard InChI is InChI=1S/C10H22N2O2/c1-6(2)10(14)12-7(3)5-9(13)8(4)11/h6-9,13H,5,11H2,1-4H3,(H,12,14). The van der Waals surface area contributed by atoms with Gasteiger partial charge in [-0.25, -0.2) is 0 Å². The molecule has 84 valence electrons. The van der Waals surface area contributed by atoms with Crippen LogP contribution in [-0.2, 0) is 4.79 Å². The van der Waals surface area contributed by atoms with Crippen molar-refractivity contribution in [1.82, 2.24) is 5.32 Å². The highest BCUT2D eigenvalue weighted by molar-refractivity contribution is 5.78. The molecule has 0 aromatic carbocycles. The van der Waals surface area contributed by atoms with Crippen LogP contribution < -0.4 is 11.1 Å². The second kappa shape index (κ2) is 5.98. The molecule has 3 unspecified atom stereocenters. The summed E-state index contributed by atoms with van der Waals surface area (Å²) in [4.78, 5) is 11.3. The third kappa shape index (κ3) is 5.19. The molecular weight excluding hydrogens is 180 g/mol. The maximum absolute atomic E-state index is 11.3. The van der Waals surface area contributed by atoms with Crippen LogP contribution in [0.1, 0.15) is 34.1 Å². The molecule has 0 radical (unpaired) electrons. The van der Waals surface area contributed by atoms with Crippen LogP contribution in [0.5, 0.6) is 0 Å². The number of amides is 1. The van der Waals surface area contributed by atoms with Crippen molar-refractivity contribution < 1.29 is 9.90 Å². The van der Waals surface area contributed by atoms with Gasteiger partial charge in [-0.3, -0.25) is 4.79 Å². The van der Waals surface area contributed by atoms with Crippen LogP contribution in [0.15, 0.2) is 0 Å². The first kappa shape index (κ1) is 13.4. The molecule has 4 N–H and O–H groups in total. The summed E-state index contributed by atoms with van der Waals surface area (Å²) in [6.07, 6.45) is -0.0617. The number of aliphatic hydroxyl groups is 1. The Labute approximate surface area is 85.9 Å². The third-order valence-electron chi connectivity index (χ3n) is 2.12. The first-order valence-corrected chi connectivity index (χ1v) is 5.08. The van der Waals surface area contributed by atoms with Crippen molar-refractivity contribution in [3.05, 3.63) is 0 Å². The largest absolute Gasteiger partial charge is 0.391 e. The summed E-state index contributed by atoms with van der Waals surface area (Å²) in [6.45, 7) is 7.29. The van der Waals surface area contributed by atoms with E-state index in [1.807, 2.05) is 20.8 Å². The van der Waals surface area contributed by atoms with Gasteiger partial charge >= 0.3 is 0 Å². The average molecular weight is 202 g/mol. The minimum atomic E-state index is -0.558. The van der Waals surface area contributed by atoms with Crippen LogP contribution in [0.3, 0.4) is 0 Å². The Balaban J connectivity index is 3.86. The molecule has 0 spiro atoms. The Morgan fingerprint density at radius 1 is 1.36 bits per heavy atom. The van der Waals surface area contributed by atoms with Gasteiger partial charge in [-0.2, -0.15) is 0 Å². The van der Waals surface area contributed by atoms with E-state index in [4.69, 9.17) is 5.73 Å². The number of nitrogens with two attached hydrogens (primary N) is 1. The van der Waals surface area contributed by atoms with Crippen LogP contribution in [0, 0.1) is 5.92 Å². The number of aliphatic hydroxyl groups excluding tert-OH is 1. The van der Waals surface area contributed by atoms with E-state index < -0.39 is 6.10 Å². The Morgan fingerprint density at radius 2 is 1.86 bits per heavy atom. The lowest BCUT2D eigenvalue weighted by atomic mass is 10.1. The Bertz CT molecular complexity index is 181. The van der Waals surface area contributed by atoms with E-state index in [-0.39, 0.29) is 23.9 Å². The average Bonchev–Trinajstić information content (AvgIpc) is 2.03. The van der Waals surface area contributed by atoms with Gasteiger partial charge in [0.15, 0.2) is 0 Å². The molecule has 0 aliphatic carbocycles. The maximum atomic E-state index is 11.3. The fourth-order valence-electron chi connectivity index (χ4n) is 1.05. The van der Waals surface area contributed by atoms with Crippen molar-refractivity contribution >= 4 is 5.91 Å². The highest BCUT2D eigenvalue weighted by atomic mass is 16.3. The quantitative estimate of drug-likeness (QED) is 0.598. The Hall–Kier alpha value is -0.610. The first-order chi connectivity index (χ1) is 6.34. The Kier molecular flexibility index (Phi) is 5.72. The van der Waals surface area contributed by atoms with Crippen molar-refractivity contribution in [3.8, 4) is 0 Å². The molecule has 3 atom stereocenters. The second-order valence-electron chi connectivity index (χ2n) is 4.23. The van der Waals surface area contributed by atoms with Gasteiger partial charge < -0.3 is 16.2 Å². The fourth-order valence-corrected chi connectivity index (χ4v) is 1.05. The number of carbonyl (C=O) groups is 1.